The second-order valence-electron chi connectivity index (χ2n) is 5.79. The zero-order valence-corrected chi connectivity index (χ0v) is 14.8. The molecule has 0 aliphatic rings. The van der Waals surface area contributed by atoms with Crippen LogP contribution in [0.5, 0.6) is 11.5 Å². The number of carbonyl (C=O) groups is 1. The number of carbonyl (C=O) groups excluding carboxylic acids is 1. The highest BCUT2D eigenvalue weighted by atomic mass is 32.1. The molecule has 3 rings (SSSR count). The van der Waals surface area contributed by atoms with E-state index in [-0.39, 0.29) is 5.91 Å². The minimum Gasteiger partial charge on any atom is -0.457 e. The fraction of sp³-hybridized carbons (Fsp3) is 0.150. The molecule has 3 aromatic rings. The Morgan fingerprint density at radius 3 is 2.44 bits per heavy atom. The van der Waals surface area contributed by atoms with Gasteiger partial charge in [0.25, 0.3) is 0 Å². The van der Waals surface area contributed by atoms with Crippen molar-refractivity contribution in [1.82, 2.24) is 4.90 Å². The molecular formula is C20H20N2O2S. The Labute approximate surface area is 151 Å². The van der Waals surface area contributed by atoms with Crippen LogP contribution in [0.3, 0.4) is 0 Å². The normalized spacial score (nSPS) is 10.6. The molecule has 2 aromatic carbocycles. The van der Waals surface area contributed by atoms with Gasteiger partial charge in [-0.3, -0.25) is 9.69 Å². The summed E-state index contributed by atoms with van der Waals surface area (Å²) in [6.07, 6.45) is 0. The molecule has 5 heteroatoms. The predicted molar refractivity (Wildman–Crippen MR) is 102 cm³/mol. The van der Waals surface area contributed by atoms with Gasteiger partial charge < -0.3 is 10.1 Å². The third-order valence-corrected chi connectivity index (χ3v) is 4.30. The Balaban J connectivity index is 1.49. The molecule has 0 fully saturated rings. The highest BCUT2D eigenvalue weighted by Crippen LogP contribution is 2.22. The number of rotatable bonds is 7. The Morgan fingerprint density at radius 2 is 1.76 bits per heavy atom. The van der Waals surface area contributed by atoms with Gasteiger partial charge in [-0.15, -0.1) is 0 Å². The molecule has 0 saturated heterocycles. The maximum Gasteiger partial charge on any atom is 0.238 e. The summed E-state index contributed by atoms with van der Waals surface area (Å²) in [4.78, 5) is 14.1. The number of likely N-dealkylation sites (N-methyl/N-ethyl adjacent to an activating group) is 1. The molecule has 128 valence electrons. The number of anilines is 1. The lowest BCUT2D eigenvalue weighted by atomic mass is 10.3. The van der Waals surface area contributed by atoms with Crippen LogP contribution in [0.2, 0.25) is 0 Å². The van der Waals surface area contributed by atoms with E-state index in [2.05, 4.69) is 16.8 Å². The van der Waals surface area contributed by atoms with Crippen LogP contribution in [0, 0.1) is 0 Å². The predicted octanol–water partition coefficient (Wildman–Crippen LogP) is 4.61. The van der Waals surface area contributed by atoms with Crippen LogP contribution in [0.15, 0.2) is 71.4 Å². The Bertz CT molecular complexity index is 786. The van der Waals surface area contributed by atoms with Crippen molar-refractivity contribution in [1.29, 1.82) is 0 Å². The van der Waals surface area contributed by atoms with E-state index in [0.29, 0.717) is 6.54 Å². The molecule has 1 aromatic heterocycles. The van der Waals surface area contributed by atoms with E-state index in [1.54, 1.807) is 11.3 Å². The molecule has 0 aliphatic carbocycles. The van der Waals surface area contributed by atoms with Crippen LogP contribution in [-0.2, 0) is 11.3 Å². The maximum absolute atomic E-state index is 12.1. The maximum atomic E-state index is 12.1. The first-order chi connectivity index (χ1) is 12.2. The number of amides is 1. The van der Waals surface area contributed by atoms with Crippen molar-refractivity contribution >= 4 is 22.9 Å². The van der Waals surface area contributed by atoms with Gasteiger partial charge in [0.2, 0.25) is 5.91 Å². The van der Waals surface area contributed by atoms with Gasteiger partial charge in [-0.2, -0.15) is 11.3 Å². The molecule has 0 aliphatic heterocycles. The van der Waals surface area contributed by atoms with Crippen LogP contribution in [0.25, 0.3) is 0 Å². The van der Waals surface area contributed by atoms with Crippen molar-refractivity contribution in [2.24, 2.45) is 0 Å². The fourth-order valence-corrected chi connectivity index (χ4v) is 3.09. The average Bonchev–Trinajstić information content (AvgIpc) is 3.10. The summed E-state index contributed by atoms with van der Waals surface area (Å²) in [7, 11) is 1.94. The minimum atomic E-state index is -0.0329. The summed E-state index contributed by atoms with van der Waals surface area (Å²) >= 11 is 1.67. The van der Waals surface area contributed by atoms with E-state index in [4.69, 9.17) is 4.74 Å². The van der Waals surface area contributed by atoms with E-state index >= 15 is 0 Å². The molecule has 0 atom stereocenters. The van der Waals surface area contributed by atoms with Gasteiger partial charge in [0.1, 0.15) is 11.5 Å². The summed E-state index contributed by atoms with van der Waals surface area (Å²) < 4.78 is 5.74. The monoisotopic (exact) mass is 352 g/mol. The van der Waals surface area contributed by atoms with Crippen molar-refractivity contribution in [3.05, 3.63) is 77.0 Å². The smallest absolute Gasteiger partial charge is 0.238 e. The summed E-state index contributed by atoms with van der Waals surface area (Å²) in [6.45, 7) is 1.11. The first kappa shape index (κ1) is 17.2. The molecule has 1 amide bonds. The molecular weight excluding hydrogens is 332 g/mol. The number of benzene rings is 2. The molecule has 0 spiro atoms. The minimum absolute atomic E-state index is 0.0329. The SMILES string of the molecule is CN(CC(=O)Nc1ccc(Oc2ccccc2)cc1)Cc1ccsc1. The van der Waals surface area contributed by atoms with Crippen LogP contribution < -0.4 is 10.1 Å². The summed E-state index contributed by atoms with van der Waals surface area (Å²) in [5.74, 6) is 1.49. The molecule has 0 bridgehead atoms. The number of thiophene rings is 1. The second kappa shape index (κ2) is 8.46. The second-order valence-corrected chi connectivity index (χ2v) is 6.57. The lowest BCUT2D eigenvalue weighted by Crippen LogP contribution is -2.29. The highest BCUT2D eigenvalue weighted by Gasteiger charge is 2.08. The number of hydrogen-bond donors (Lipinski definition) is 1. The van der Waals surface area contributed by atoms with Gasteiger partial charge >= 0.3 is 0 Å². The third-order valence-electron chi connectivity index (χ3n) is 3.56. The Morgan fingerprint density at radius 1 is 1.04 bits per heavy atom. The molecule has 4 nitrogen and oxygen atoms in total. The van der Waals surface area contributed by atoms with Crippen LogP contribution in [-0.4, -0.2) is 24.4 Å². The highest BCUT2D eigenvalue weighted by molar-refractivity contribution is 7.07. The van der Waals surface area contributed by atoms with Gasteiger partial charge in [0, 0.05) is 12.2 Å². The largest absolute Gasteiger partial charge is 0.457 e. The van der Waals surface area contributed by atoms with E-state index < -0.39 is 0 Å². The van der Waals surface area contributed by atoms with Gasteiger partial charge in [0.15, 0.2) is 0 Å². The average molecular weight is 352 g/mol. The van der Waals surface area contributed by atoms with E-state index in [1.807, 2.05) is 71.9 Å². The standard InChI is InChI=1S/C20H20N2O2S/c1-22(13-16-11-12-25-15-16)14-20(23)21-17-7-9-19(10-8-17)24-18-5-3-2-4-6-18/h2-12,15H,13-14H2,1H3,(H,21,23). The zero-order valence-electron chi connectivity index (χ0n) is 14.0. The number of para-hydroxylation sites is 1. The zero-order chi connectivity index (χ0) is 17.5. The first-order valence-corrected chi connectivity index (χ1v) is 8.96. The lowest BCUT2D eigenvalue weighted by Gasteiger charge is -2.15. The van der Waals surface area contributed by atoms with Crippen LogP contribution in [0.4, 0.5) is 5.69 Å². The molecule has 0 saturated carbocycles. The van der Waals surface area contributed by atoms with E-state index in [9.17, 15) is 4.79 Å². The number of nitrogens with zero attached hydrogens (tertiary/aromatic N) is 1. The van der Waals surface area contributed by atoms with E-state index in [1.165, 1.54) is 5.56 Å². The van der Waals surface area contributed by atoms with Crippen molar-refractivity contribution in [3.63, 3.8) is 0 Å². The number of hydrogen-bond acceptors (Lipinski definition) is 4. The molecule has 0 unspecified atom stereocenters. The van der Waals surface area contributed by atoms with Gasteiger partial charge in [0.05, 0.1) is 6.54 Å². The topological polar surface area (TPSA) is 41.6 Å². The Kier molecular flexibility index (Phi) is 5.82. The van der Waals surface area contributed by atoms with E-state index in [0.717, 1.165) is 23.7 Å². The summed E-state index contributed by atoms with van der Waals surface area (Å²) in [6, 6.07) is 19.1. The number of ether oxygens (including phenoxy) is 1. The fourth-order valence-electron chi connectivity index (χ4n) is 2.43. The van der Waals surface area contributed by atoms with Gasteiger partial charge in [-0.1, -0.05) is 18.2 Å². The third kappa shape index (κ3) is 5.45. The summed E-state index contributed by atoms with van der Waals surface area (Å²) in [5, 5.41) is 7.05. The Hall–Kier alpha value is -2.63. The van der Waals surface area contributed by atoms with Crippen molar-refractivity contribution in [2.45, 2.75) is 6.54 Å². The lowest BCUT2D eigenvalue weighted by molar-refractivity contribution is -0.117. The number of nitrogens with one attached hydrogen (secondary N) is 1. The quantitative estimate of drug-likeness (QED) is 0.675. The van der Waals surface area contributed by atoms with Gasteiger partial charge in [-0.25, -0.2) is 0 Å². The van der Waals surface area contributed by atoms with Crippen LogP contribution >= 0.6 is 11.3 Å². The molecule has 1 heterocycles. The summed E-state index contributed by atoms with van der Waals surface area (Å²) in [5.41, 5.74) is 1.98. The molecule has 1 N–H and O–H groups in total. The van der Waals surface area contributed by atoms with Crippen molar-refractivity contribution < 1.29 is 9.53 Å². The van der Waals surface area contributed by atoms with Crippen molar-refractivity contribution in [2.75, 3.05) is 18.9 Å². The van der Waals surface area contributed by atoms with Crippen LogP contribution in [0.1, 0.15) is 5.56 Å². The molecule has 0 radical (unpaired) electrons. The van der Waals surface area contributed by atoms with Crippen molar-refractivity contribution in [3.8, 4) is 11.5 Å². The first-order valence-electron chi connectivity index (χ1n) is 8.01. The molecule has 25 heavy (non-hydrogen) atoms. The van der Waals surface area contributed by atoms with Gasteiger partial charge in [-0.05, 0) is 65.8 Å².